The van der Waals surface area contributed by atoms with Crippen LogP contribution in [0.5, 0.6) is 0 Å². The number of rotatable bonds is 7. The van der Waals surface area contributed by atoms with Gasteiger partial charge in [0, 0.05) is 25.3 Å². The molecule has 0 spiro atoms. The molecule has 0 radical (unpaired) electrons. The van der Waals surface area contributed by atoms with E-state index in [1.807, 2.05) is 13.2 Å². The van der Waals surface area contributed by atoms with Gasteiger partial charge in [0.1, 0.15) is 5.82 Å². The van der Waals surface area contributed by atoms with Gasteiger partial charge in [0.05, 0.1) is 0 Å². The van der Waals surface area contributed by atoms with E-state index >= 15 is 0 Å². The van der Waals surface area contributed by atoms with Gasteiger partial charge in [-0.1, -0.05) is 32.8 Å². The number of anilines is 1. The molecule has 1 saturated carbocycles. The SMILES string of the molecule is CNCc1ccc(N(CCC(C)C)C2CCCC2)nc1. The van der Waals surface area contributed by atoms with Crippen molar-refractivity contribution in [1.29, 1.82) is 0 Å². The average molecular weight is 275 g/mol. The van der Waals surface area contributed by atoms with Gasteiger partial charge in [0.25, 0.3) is 0 Å². The van der Waals surface area contributed by atoms with Crippen LogP contribution in [-0.2, 0) is 6.54 Å². The lowest BCUT2D eigenvalue weighted by molar-refractivity contribution is 0.525. The summed E-state index contributed by atoms with van der Waals surface area (Å²) in [6.45, 7) is 6.63. The van der Waals surface area contributed by atoms with Gasteiger partial charge < -0.3 is 10.2 Å². The number of hydrogen-bond acceptors (Lipinski definition) is 3. The van der Waals surface area contributed by atoms with Crippen LogP contribution in [0.3, 0.4) is 0 Å². The highest BCUT2D eigenvalue weighted by Crippen LogP contribution is 2.27. The standard InChI is InChI=1S/C17H29N3/c1-14(2)10-11-20(16-6-4-5-7-16)17-9-8-15(12-18-3)13-19-17/h8-9,13-14,16,18H,4-7,10-12H2,1-3H3. The van der Waals surface area contributed by atoms with Crippen LogP contribution in [-0.4, -0.2) is 24.6 Å². The maximum absolute atomic E-state index is 4.71. The summed E-state index contributed by atoms with van der Waals surface area (Å²) in [6, 6.07) is 5.11. The number of pyridine rings is 1. The molecule has 0 amide bonds. The normalized spacial score (nSPS) is 16.0. The van der Waals surface area contributed by atoms with E-state index in [0.717, 1.165) is 24.8 Å². The number of aromatic nitrogens is 1. The lowest BCUT2D eigenvalue weighted by Gasteiger charge is -2.31. The van der Waals surface area contributed by atoms with Crippen LogP contribution in [0.4, 0.5) is 5.82 Å². The molecule has 1 heterocycles. The summed E-state index contributed by atoms with van der Waals surface area (Å²) in [5.41, 5.74) is 1.26. The van der Waals surface area contributed by atoms with Crippen LogP contribution in [0.25, 0.3) is 0 Å². The van der Waals surface area contributed by atoms with E-state index in [4.69, 9.17) is 4.98 Å². The van der Waals surface area contributed by atoms with Gasteiger partial charge in [-0.3, -0.25) is 0 Å². The first kappa shape index (κ1) is 15.3. The molecule has 0 unspecified atom stereocenters. The molecule has 1 fully saturated rings. The zero-order valence-corrected chi connectivity index (χ0v) is 13.2. The third-order valence-corrected chi connectivity index (χ3v) is 4.20. The fourth-order valence-corrected chi connectivity index (χ4v) is 2.99. The Morgan fingerprint density at radius 1 is 1.30 bits per heavy atom. The summed E-state index contributed by atoms with van der Waals surface area (Å²) in [5.74, 6) is 1.92. The van der Waals surface area contributed by atoms with E-state index in [2.05, 4.69) is 36.2 Å². The monoisotopic (exact) mass is 275 g/mol. The molecule has 112 valence electrons. The van der Waals surface area contributed by atoms with Crippen LogP contribution in [0.15, 0.2) is 18.3 Å². The largest absolute Gasteiger partial charge is 0.354 e. The van der Waals surface area contributed by atoms with E-state index in [0.29, 0.717) is 6.04 Å². The summed E-state index contributed by atoms with van der Waals surface area (Å²) in [4.78, 5) is 7.26. The van der Waals surface area contributed by atoms with Gasteiger partial charge in [-0.2, -0.15) is 0 Å². The highest BCUT2D eigenvalue weighted by molar-refractivity contribution is 5.41. The van der Waals surface area contributed by atoms with Crippen molar-refractivity contribution in [2.45, 2.75) is 58.5 Å². The van der Waals surface area contributed by atoms with Crippen molar-refractivity contribution in [3.63, 3.8) is 0 Å². The lowest BCUT2D eigenvalue weighted by Crippen LogP contribution is -2.35. The van der Waals surface area contributed by atoms with Crippen molar-refractivity contribution >= 4 is 5.82 Å². The molecule has 0 aromatic carbocycles. The molecule has 1 aromatic heterocycles. The fourth-order valence-electron chi connectivity index (χ4n) is 2.99. The van der Waals surface area contributed by atoms with Crippen molar-refractivity contribution in [1.82, 2.24) is 10.3 Å². The second kappa shape index (κ2) is 7.63. The highest BCUT2D eigenvalue weighted by Gasteiger charge is 2.23. The summed E-state index contributed by atoms with van der Waals surface area (Å²) in [7, 11) is 1.97. The van der Waals surface area contributed by atoms with Crippen molar-refractivity contribution < 1.29 is 0 Å². The number of hydrogen-bond donors (Lipinski definition) is 1. The van der Waals surface area contributed by atoms with Gasteiger partial charge in [-0.15, -0.1) is 0 Å². The topological polar surface area (TPSA) is 28.2 Å². The smallest absolute Gasteiger partial charge is 0.128 e. The molecule has 3 heteroatoms. The third kappa shape index (κ3) is 4.20. The Hall–Kier alpha value is -1.09. The van der Waals surface area contributed by atoms with Crippen LogP contribution in [0, 0.1) is 5.92 Å². The predicted molar refractivity (Wildman–Crippen MR) is 86.1 cm³/mol. The Morgan fingerprint density at radius 2 is 2.05 bits per heavy atom. The highest BCUT2D eigenvalue weighted by atomic mass is 15.2. The van der Waals surface area contributed by atoms with E-state index < -0.39 is 0 Å². The molecule has 0 atom stereocenters. The van der Waals surface area contributed by atoms with Gasteiger partial charge in [-0.25, -0.2) is 4.98 Å². The molecule has 1 aliphatic rings. The van der Waals surface area contributed by atoms with Gasteiger partial charge in [0.2, 0.25) is 0 Å². The molecule has 0 saturated heterocycles. The molecule has 2 rings (SSSR count). The Morgan fingerprint density at radius 3 is 2.60 bits per heavy atom. The molecule has 1 N–H and O–H groups in total. The van der Waals surface area contributed by atoms with Gasteiger partial charge in [-0.05, 0) is 43.9 Å². The molecule has 0 aliphatic heterocycles. The van der Waals surface area contributed by atoms with Crippen LogP contribution in [0.1, 0.15) is 51.5 Å². The number of nitrogens with one attached hydrogen (secondary N) is 1. The third-order valence-electron chi connectivity index (χ3n) is 4.20. The zero-order valence-electron chi connectivity index (χ0n) is 13.2. The molecular weight excluding hydrogens is 246 g/mol. The van der Waals surface area contributed by atoms with Crippen molar-refractivity contribution in [3.8, 4) is 0 Å². The summed E-state index contributed by atoms with van der Waals surface area (Å²) in [6.07, 6.45) is 8.68. The molecule has 1 aliphatic carbocycles. The minimum Gasteiger partial charge on any atom is -0.354 e. The second-order valence-electron chi connectivity index (χ2n) is 6.37. The molecule has 20 heavy (non-hydrogen) atoms. The van der Waals surface area contributed by atoms with Gasteiger partial charge >= 0.3 is 0 Å². The van der Waals surface area contributed by atoms with Crippen molar-refractivity contribution in [3.05, 3.63) is 23.9 Å². The van der Waals surface area contributed by atoms with Crippen LogP contribution in [0.2, 0.25) is 0 Å². The van der Waals surface area contributed by atoms with E-state index in [-0.39, 0.29) is 0 Å². The van der Waals surface area contributed by atoms with Crippen LogP contribution < -0.4 is 10.2 Å². The Kier molecular flexibility index (Phi) is 5.84. The molecular formula is C17H29N3. The maximum atomic E-state index is 4.71. The van der Waals surface area contributed by atoms with Crippen LogP contribution >= 0.6 is 0 Å². The van der Waals surface area contributed by atoms with E-state index in [1.165, 1.54) is 37.7 Å². The van der Waals surface area contributed by atoms with Crippen molar-refractivity contribution in [2.75, 3.05) is 18.5 Å². The average Bonchev–Trinajstić information content (AvgIpc) is 2.95. The van der Waals surface area contributed by atoms with E-state index in [1.54, 1.807) is 0 Å². The molecule has 3 nitrogen and oxygen atoms in total. The summed E-state index contributed by atoms with van der Waals surface area (Å²) < 4.78 is 0. The maximum Gasteiger partial charge on any atom is 0.128 e. The Balaban J connectivity index is 2.07. The fraction of sp³-hybridized carbons (Fsp3) is 0.706. The first-order valence-corrected chi connectivity index (χ1v) is 8.07. The second-order valence-corrected chi connectivity index (χ2v) is 6.37. The first-order valence-electron chi connectivity index (χ1n) is 8.07. The Bertz CT molecular complexity index is 380. The molecule has 0 bridgehead atoms. The number of nitrogens with zero attached hydrogens (tertiary/aromatic N) is 2. The minimum absolute atomic E-state index is 0.705. The summed E-state index contributed by atoms with van der Waals surface area (Å²) >= 11 is 0. The van der Waals surface area contributed by atoms with E-state index in [9.17, 15) is 0 Å². The lowest BCUT2D eigenvalue weighted by atomic mass is 10.1. The zero-order chi connectivity index (χ0) is 14.4. The minimum atomic E-state index is 0.705. The quantitative estimate of drug-likeness (QED) is 0.824. The molecule has 1 aromatic rings. The van der Waals surface area contributed by atoms with Crippen molar-refractivity contribution in [2.24, 2.45) is 5.92 Å². The predicted octanol–water partition coefficient (Wildman–Crippen LogP) is 3.60. The Labute approximate surface area is 123 Å². The summed E-state index contributed by atoms with van der Waals surface area (Å²) in [5, 5.41) is 3.17. The first-order chi connectivity index (χ1) is 9.70. The van der Waals surface area contributed by atoms with Gasteiger partial charge in [0.15, 0.2) is 0 Å².